The number of hydrogen-bond donors (Lipinski definition) is 1. The fraction of sp³-hybridized carbons (Fsp3) is 0.400. The lowest BCUT2D eigenvalue weighted by molar-refractivity contribution is -0.119. The standard InChI is InChI=1S/C25H26F3N3O6/c1-36-23-8-15(2-3-21(23)33)13-30-24(34)18-9-22(37-17(11-26)12-27)19(28)10-20(18)31(25(30)35)16-4-6-29(14-32)7-5-16/h2-3,8-10,14,16-17,33H,4-7,11-13H2,1H3. The van der Waals surface area contributed by atoms with Crippen LogP contribution in [0.1, 0.15) is 24.4 Å². The van der Waals surface area contributed by atoms with Gasteiger partial charge in [0.15, 0.2) is 29.2 Å². The Morgan fingerprint density at radius 1 is 1.11 bits per heavy atom. The van der Waals surface area contributed by atoms with Gasteiger partial charge in [-0.05, 0) is 36.6 Å². The van der Waals surface area contributed by atoms with Crippen LogP contribution in [-0.4, -0.2) is 65.2 Å². The van der Waals surface area contributed by atoms with E-state index in [9.17, 15) is 32.7 Å². The number of likely N-dealkylation sites (tertiary alicyclic amines) is 1. The van der Waals surface area contributed by atoms with Crippen molar-refractivity contribution in [2.75, 3.05) is 33.5 Å². The van der Waals surface area contributed by atoms with Crippen molar-refractivity contribution in [1.29, 1.82) is 0 Å². The number of carbonyl (C=O) groups is 1. The van der Waals surface area contributed by atoms with E-state index in [1.807, 2.05) is 0 Å². The van der Waals surface area contributed by atoms with Gasteiger partial charge in [-0.3, -0.25) is 18.7 Å². The summed E-state index contributed by atoms with van der Waals surface area (Å²) in [5, 5.41) is 9.81. The summed E-state index contributed by atoms with van der Waals surface area (Å²) in [6.07, 6.45) is -0.0433. The van der Waals surface area contributed by atoms with E-state index in [0.717, 1.165) is 16.7 Å². The average Bonchev–Trinajstić information content (AvgIpc) is 2.91. The summed E-state index contributed by atoms with van der Waals surface area (Å²) in [5.41, 5.74) is -0.951. The largest absolute Gasteiger partial charge is 0.504 e. The Kier molecular flexibility index (Phi) is 7.74. The number of phenolic OH excluding ortho intramolecular Hbond substituents is 1. The number of aromatic hydroxyl groups is 1. The predicted molar refractivity (Wildman–Crippen MR) is 128 cm³/mol. The lowest BCUT2D eigenvalue weighted by atomic mass is 10.0. The highest BCUT2D eigenvalue weighted by molar-refractivity contribution is 5.80. The summed E-state index contributed by atoms with van der Waals surface area (Å²) in [6, 6.07) is 5.93. The van der Waals surface area contributed by atoms with Gasteiger partial charge in [-0.15, -0.1) is 0 Å². The van der Waals surface area contributed by atoms with Gasteiger partial charge in [-0.2, -0.15) is 0 Å². The van der Waals surface area contributed by atoms with Crippen LogP contribution < -0.4 is 20.7 Å². The molecule has 12 heteroatoms. The number of hydrogen-bond acceptors (Lipinski definition) is 6. The third-order valence-corrected chi connectivity index (χ3v) is 6.46. The van der Waals surface area contributed by atoms with Crippen molar-refractivity contribution in [3.8, 4) is 17.2 Å². The number of piperidine rings is 1. The molecule has 1 N–H and O–H groups in total. The molecule has 0 atom stereocenters. The van der Waals surface area contributed by atoms with Crippen LogP contribution in [-0.2, 0) is 11.3 Å². The second-order valence-electron chi connectivity index (χ2n) is 8.77. The van der Waals surface area contributed by atoms with Gasteiger partial charge in [0.2, 0.25) is 6.41 Å². The molecular weight excluding hydrogens is 495 g/mol. The Bertz CT molecular complexity index is 1410. The van der Waals surface area contributed by atoms with Crippen LogP contribution >= 0.6 is 0 Å². The maximum atomic E-state index is 15.0. The molecule has 1 aliphatic heterocycles. The van der Waals surface area contributed by atoms with Crippen LogP contribution in [0, 0.1) is 5.82 Å². The molecule has 9 nitrogen and oxygen atoms in total. The van der Waals surface area contributed by atoms with Crippen molar-refractivity contribution in [2.45, 2.75) is 31.5 Å². The number of nitrogens with zero attached hydrogens (tertiary/aromatic N) is 3. The van der Waals surface area contributed by atoms with Crippen molar-refractivity contribution >= 4 is 17.3 Å². The SMILES string of the molecule is COc1cc(Cn2c(=O)c3cc(OC(CF)CF)c(F)cc3n(C3CCN(C=O)CC3)c2=O)ccc1O. The number of fused-ring (bicyclic) bond motifs is 1. The molecule has 0 radical (unpaired) electrons. The normalized spacial score (nSPS) is 14.4. The number of amides is 1. The molecule has 2 aromatic carbocycles. The smallest absolute Gasteiger partial charge is 0.332 e. The first kappa shape index (κ1) is 26.1. The summed E-state index contributed by atoms with van der Waals surface area (Å²) in [6.45, 7) is -1.85. The predicted octanol–water partition coefficient (Wildman–Crippen LogP) is 2.54. The molecule has 2 heterocycles. The minimum Gasteiger partial charge on any atom is -0.504 e. The number of methoxy groups -OCH3 is 1. The maximum Gasteiger partial charge on any atom is 0.332 e. The van der Waals surface area contributed by atoms with Crippen molar-refractivity contribution in [3.63, 3.8) is 0 Å². The number of rotatable bonds is 9. The second kappa shape index (κ2) is 11.0. The van der Waals surface area contributed by atoms with Gasteiger partial charge in [0.05, 0.1) is 24.6 Å². The van der Waals surface area contributed by atoms with Gasteiger partial charge >= 0.3 is 5.69 Å². The van der Waals surface area contributed by atoms with Crippen molar-refractivity contribution in [3.05, 3.63) is 62.6 Å². The minimum atomic E-state index is -1.54. The zero-order chi connectivity index (χ0) is 26.7. The molecule has 3 aromatic rings. The van der Waals surface area contributed by atoms with Crippen LogP contribution in [0.2, 0.25) is 0 Å². The highest BCUT2D eigenvalue weighted by atomic mass is 19.1. The molecule has 0 aliphatic carbocycles. The summed E-state index contributed by atoms with van der Waals surface area (Å²) in [4.78, 5) is 39.8. The van der Waals surface area contributed by atoms with E-state index in [1.165, 1.54) is 29.9 Å². The molecule has 1 aromatic heterocycles. The fourth-order valence-corrected chi connectivity index (χ4v) is 4.50. The topological polar surface area (TPSA) is 103 Å². The van der Waals surface area contributed by atoms with Crippen LogP contribution in [0.25, 0.3) is 10.9 Å². The van der Waals surface area contributed by atoms with E-state index in [1.54, 1.807) is 4.90 Å². The summed E-state index contributed by atoms with van der Waals surface area (Å²) in [5.74, 6) is -1.46. The number of phenols is 1. The first-order valence-electron chi connectivity index (χ1n) is 11.6. The Morgan fingerprint density at radius 2 is 1.81 bits per heavy atom. The maximum absolute atomic E-state index is 15.0. The van der Waals surface area contributed by atoms with E-state index in [2.05, 4.69) is 0 Å². The average molecular weight is 521 g/mol. The third-order valence-electron chi connectivity index (χ3n) is 6.46. The van der Waals surface area contributed by atoms with E-state index in [4.69, 9.17) is 9.47 Å². The first-order chi connectivity index (χ1) is 17.8. The number of benzene rings is 2. The first-order valence-corrected chi connectivity index (χ1v) is 11.6. The van der Waals surface area contributed by atoms with Crippen molar-refractivity contribution in [2.24, 2.45) is 0 Å². The number of alkyl halides is 2. The Balaban J connectivity index is 1.90. The number of carbonyl (C=O) groups excluding carboxylic acids is 1. The van der Waals surface area contributed by atoms with Gasteiger partial charge in [0.25, 0.3) is 5.56 Å². The van der Waals surface area contributed by atoms with Gasteiger partial charge in [0.1, 0.15) is 13.3 Å². The van der Waals surface area contributed by atoms with Crippen LogP contribution in [0.5, 0.6) is 17.2 Å². The lowest BCUT2D eigenvalue weighted by Gasteiger charge is -2.31. The van der Waals surface area contributed by atoms with Gasteiger partial charge in [0, 0.05) is 25.2 Å². The quantitative estimate of drug-likeness (QED) is 0.435. The van der Waals surface area contributed by atoms with Gasteiger partial charge in [-0.1, -0.05) is 6.07 Å². The molecule has 0 saturated carbocycles. The number of aromatic nitrogens is 2. The molecule has 1 saturated heterocycles. The number of halogens is 3. The lowest BCUT2D eigenvalue weighted by Crippen LogP contribution is -2.44. The molecule has 37 heavy (non-hydrogen) atoms. The summed E-state index contributed by atoms with van der Waals surface area (Å²) < 4.78 is 53.5. The Hall–Kier alpha value is -3.96. The second-order valence-corrected chi connectivity index (χ2v) is 8.77. The highest BCUT2D eigenvalue weighted by Crippen LogP contribution is 2.29. The fourth-order valence-electron chi connectivity index (χ4n) is 4.50. The molecule has 1 aliphatic rings. The molecule has 1 fully saturated rings. The van der Waals surface area contributed by atoms with Crippen molar-refractivity contribution in [1.82, 2.24) is 14.0 Å². The molecule has 4 rings (SSSR count). The monoisotopic (exact) mass is 521 g/mol. The molecule has 0 unspecified atom stereocenters. The molecular formula is C25H26F3N3O6. The van der Waals surface area contributed by atoms with E-state index in [0.29, 0.717) is 37.9 Å². The zero-order valence-electron chi connectivity index (χ0n) is 20.0. The molecule has 0 bridgehead atoms. The summed E-state index contributed by atoms with van der Waals surface area (Å²) >= 11 is 0. The van der Waals surface area contributed by atoms with Crippen LogP contribution in [0.15, 0.2) is 39.9 Å². The van der Waals surface area contributed by atoms with Gasteiger partial charge < -0.3 is 19.5 Å². The van der Waals surface area contributed by atoms with E-state index >= 15 is 0 Å². The van der Waals surface area contributed by atoms with E-state index in [-0.39, 0.29) is 28.9 Å². The van der Waals surface area contributed by atoms with Gasteiger partial charge in [-0.25, -0.2) is 18.0 Å². The number of ether oxygens (including phenoxy) is 2. The summed E-state index contributed by atoms with van der Waals surface area (Å²) in [7, 11) is 1.36. The molecule has 1 amide bonds. The van der Waals surface area contributed by atoms with Crippen LogP contribution in [0.4, 0.5) is 13.2 Å². The van der Waals surface area contributed by atoms with E-state index < -0.39 is 48.3 Å². The van der Waals surface area contributed by atoms with Crippen LogP contribution in [0.3, 0.4) is 0 Å². The molecule has 0 spiro atoms. The minimum absolute atomic E-state index is 0.0148. The van der Waals surface area contributed by atoms with Crippen molar-refractivity contribution < 1.29 is 32.5 Å². The highest BCUT2D eigenvalue weighted by Gasteiger charge is 2.26. The Morgan fingerprint density at radius 3 is 2.43 bits per heavy atom. The molecule has 198 valence electrons. The zero-order valence-corrected chi connectivity index (χ0v) is 20.0. The Labute approximate surface area is 209 Å². The third kappa shape index (κ3) is 5.13.